The number of hydrogen-bond acceptors (Lipinski definition) is 3. The van der Waals surface area contributed by atoms with Crippen LogP contribution in [0.2, 0.25) is 0 Å². The molecule has 2 aliphatic rings. The Balaban J connectivity index is 0.00000243. The Hall–Kier alpha value is -1.09. The molecule has 0 amide bonds. The maximum absolute atomic E-state index is 13.8. The molecule has 1 aromatic rings. The molecular formula is C19H29FIN3O2. The summed E-state index contributed by atoms with van der Waals surface area (Å²) in [4.78, 5) is 4.28. The molecule has 0 aromatic heterocycles. The van der Waals surface area contributed by atoms with Gasteiger partial charge in [-0.05, 0) is 42.9 Å². The molecule has 26 heavy (non-hydrogen) atoms. The summed E-state index contributed by atoms with van der Waals surface area (Å²) < 4.78 is 24.5. The normalized spacial score (nSPS) is 17.7. The summed E-state index contributed by atoms with van der Waals surface area (Å²) in [6, 6.07) is 3.03. The van der Waals surface area contributed by atoms with Crippen molar-refractivity contribution in [3.63, 3.8) is 0 Å². The van der Waals surface area contributed by atoms with Crippen LogP contribution in [0.1, 0.15) is 43.2 Å². The van der Waals surface area contributed by atoms with E-state index in [1.165, 1.54) is 38.2 Å². The van der Waals surface area contributed by atoms with Crippen LogP contribution in [0.25, 0.3) is 0 Å². The highest BCUT2D eigenvalue weighted by molar-refractivity contribution is 14.0. The summed E-state index contributed by atoms with van der Waals surface area (Å²) in [5, 5.41) is 6.73. The Morgan fingerprint density at radius 2 is 2.04 bits per heavy atom. The smallest absolute Gasteiger partial charge is 0.190 e. The van der Waals surface area contributed by atoms with Gasteiger partial charge in [-0.2, -0.15) is 0 Å². The predicted octanol–water partition coefficient (Wildman–Crippen LogP) is 3.60. The minimum absolute atomic E-state index is 0. The van der Waals surface area contributed by atoms with Crippen LogP contribution in [0.15, 0.2) is 17.1 Å². The summed E-state index contributed by atoms with van der Waals surface area (Å²) in [6.07, 6.45) is 7.33. The molecule has 3 rings (SSSR count). The van der Waals surface area contributed by atoms with Crippen molar-refractivity contribution >= 4 is 29.9 Å². The van der Waals surface area contributed by atoms with Crippen molar-refractivity contribution < 1.29 is 13.9 Å². The van der Waals surface area contributed by atoms with Crippen molar-refractivity contribution in [2.45, 2.75) is 45.1 Å². The van der Waals surface area contributed by atoms with E-state index >= 15 is 0 Å². The van der Waals surface area contributed by atoms with Gasteiger partial charge < -0.3 is 20.1 Å². The van der Waals surface area contributed by atoms with Crippen LogP contribution in [0, 0.1) is 11.7 Å². The van der Waals surface area contributed by atoms with Gasteiger partial charge in [-0.15, -0.1) is 24.0 Å². The molecule has 0 unspecified atom stereocenters. The third-order valence-electron chi connectivity index (χ3n) is 4.95. The van der Waals surface area contributed by atoms with Crippen molar-refractivity contribution in [3.05, 3.63) is 29.1 Å². The van der Waals surface area contributed by atoms with Gasteiger partial charge in [0, 0.05) is 25.7 Å². The van der Waals surface area contributed by atoms with Crippen molar-refractivity contribution in [1.29, 1.82) is 0 Å². The van der Waals surface area contributed by atoms with Crippen molar-refractivity contribution in [1.82, 2.24) is 10.6 Å². The first-order valence-electron chi connectivity index (χ1n) is 9.22. The van der Waals surface area contributed by atoms with Gasteiger partial charge in [-0.25, -0.2) is 4.39 Å². The Morgan fingerprint density at radius 1 is 1.23 bits per heavy atom. The van der Waals surface area contributed by atoms with Crippen LogP contribution < -0.4 is 15.4 Å². The van der Waals surface area contributed by atoms with Gasteiger partial charge in [0.2, 0.25) is 0 Å². The van der Waals surface area contributed by atoms with Gasteiger partial charge >= 0.3 is 0 Å². The first-order valence-corrected chi connectivity index (χ1v) is 9.22. The van der Waals surface area contributed by atoms with E-state index in [1.54, 1.807) is 13.1 Å². The van der Waals surface area contributed by atoms with Crippen LogP contribution in [-0.2, 0) is 17.8 Å². The van der Waals surface area contributed by atoms with Crippen LogP contribution in [0.5, 0.6) is 5.75 Å². The van der Waals surface area contributed by atoms with Crippen LogP contribution >= 0.6 is 24.0 Å². The third-order valence-corrected chi connectivity index (χ3v) is 4.95. The molecule has 0 radical (unpaired) electrons. The predicted molar refractivity (Wildman–Crippen MR) is 112 cm³/mol. The lowest BCUT2D eigenvalue weighted by Crippen LogP contribution is -2.41. The van der Waals surface area contributed by atoms with E-state index in [9.17, 15) is 4.39 Å². The molecule has 1 aliphatic carbocycles. The van der Waals surface area contributed by atoms with Crippen molar-refractivity contribution in [2.24, 2.45) is 10.9 Å². The summed E-state index contributed by atoms with van der Waals surface area (Å²) in [7, 11) is 1.78. The van der Waals surface area contributed by atoms with Gasteiger partial charge in [0.25, 0.3) is 0 Å². The minimum atomic E-state index is -0.248. The maximum atomic E-state index is 13.8. The van der Waals surface area contributed by atoms with E-state index in [0.717, 1.165) is 35.3 Å². The van der Waals surface area contributed by atoms with Gasteiger partial charge in [0.05, 0.1) is 6.61 Å². The number of benzene rings is 1. The van der Waals surface area contributed by atoms with Crippen LogP contribution in [0.4, 0.5) is 4.39 Å². The zero-order valence-electron chi connectivity index (χ0n) is 15.4. The average Bonchev–Trinajstić information content (AvgIpc) is 2.65. The third kappa shape index (κ3) is 5.97. The van der Waals surface area contributed by atoms with E-state index in [-0.39, 0.29) is 36.6 Å². The van der Waals surface area contributed by atoms with Crippen molar-refractivity contribution in [3.8, 4) is 5.75 Å². The first kappa shape index (κ1) is 21.2. The number of guanidine groups is 1. The second-order valence-electron chi connectivity index (χ2n) is 6.80. The quantitative estimate of drug-likeness (QED) is 0.387. The number of aliphatic imine (C=N–C) groups is 1. The highest BCUT2D eigenvalue weighted by Gasteiger charge is 2.17. The molecule has 146 valence electrons. The maximum Gasteiger partial charge on any atom is 0.190 e. The lowest BCUT2D eigenvalue weighted by molar-refractivity contribution is -0.0172. The standard InChI is InChI=1S/C19H28FN3O2.HI/c1-21-19(23-11-14-5-3-2-4-6-14)22-8-7-15-9-17(20)10-16-12-24-13-25-18(15)16;/h9-10,14H,2-8,11-13H2,1H3,(H2,21,22,23);1H. The van der Waals surface area contributed by atoms with Gasteiger partial charge in [-0.1, -0.05) is 19.3 Å². The molecular weight excluding hydrogens is 448 g/mol. The zero-order chi connectivity index (χ0) is 17.5. The van der Waals surface area contributed by atoms with E-state index in [4.69, 9.17) is 9.47 Å². The Labute approximate surface area is 172 Å². The molecule has 0 saturated heterocycles. The largest absolute Gasteiger partial charge is 0.467 e. The fraction of sp³-hybridized carbons (Fsp3) is 0.632. The molecule has 0 spiro atoms. The molecule has 1 saturated carbocycles. The molecule has 1 fully saturated rings. The fourth-order valence-corrected chi connectivity index (χ4v) is 3.61. The molecule has 7 heteroatoms. The summed E-state index contributed by atoms with van der Waals surface area (Å²) in [5.74, 6) is 2.07. The molecule has 5 nitrogen and oxygen atoms in total. The summed E-state index contributed by atoms with van der Waals surface area (Å²) >= 11 is 0. The second kappa shape index (κ2) is 10.9. The highest BCUT2D eigenvalue weighted by Crippen LogP contribution is 2.29. The number of rotatable bonds is 5. The first-order chi connectivity index (χ1) is 12.3. The Morgan fingerprint density at radius 3 is 2.81 bits per heavy atom. The number of ether oxygens (including phenoxy) is 2. The van der Waals surface area contributed by atoms with Crippen LogP contribution in [-0.4, -0.2) is 32.9 Å². The van der Waals surface area contributed by atoms with Crippen LogP contribution in [0.3, 0.4) is 0 Å². The van der Waals surface area contributed by atoms with Gasteiger partial charge in [0.15, 0.2) is 12.8 Å². The molecule has 1 aromatic carbocycles. The monoisotopic (exact) mass is 477 g/mol. The fourth-order valence-electron chi connectivity index (χ4n) is 3.61. The minimum Gasteiger partial charge on any atom is -0.467 e. The van der Waals surface area contributed by atoms with E-state index in [0.29, 0.717) is 19.6 Å². The number of fused-ring (bicyclic) bond motifs is 1. The van der Waals surface area contributed by atoms with Gasteiger partial charge in [-0.3, -0.25) is 4.99 Å². The molecule has 1 aliphatic heterocycles. The van der Waals surface area contributed by atoms with Crippen molar-refractivity contribution in [2.75, 3.05) is 26.9 Å². The second-order valence-corrected chi connectivity index (χ2v) is 6.80. The molecule has 1 heterocycles. The summed E-state index contributed by atoms with van der Waals surface area (Å²) in [5.41, 5.74) is 1.65. The molecule has 0 bridgehead atoms. The number of nitrogens with zero attached hydrogens (tertiary/aromatic N) is 1. The highest BCUT2D eigenvalue weighted by atomic mass is 127. The average molecular weight is 477 g/mol. The topological polar surface area (TPSA) is 54.9 Å². The number of hydrogen-bond donors (Lipinski definition) is 2. The van der Waals surface area contributed by atoms with E-state index in [2.05, 4.69) is 15.6 Å². The van der Waals surface area contributed by atoms with E-state index < -0.39 is 0 Å². The molecule has 0 atom stereocenters. The number of nitrogens with one attached hydrogen (secondary N) is 2. The Kier molecular flexibility index (Phi) is 8.90. The van der Waals surface area contributed by atoms with E-state index in [1.807, 2.05) is 0 Å². The lowest BCUT2D eigenvalue weighted by Gasteiger charge is -2.23. The Bertz CT molecular complexity index is 607. The lowest BCUT2D eigenvalue weighted by atomic mass is 9.89. The number of halogens is 2. The zero-order valence-corrected chi connectivity index (χ0v) is 17.7. The van der Waals surface area contributed by atoms with Gasteiger partial charge in [0.1, 0.15) is 11.6 Å². The molecule has 2 N–H and O–H groups in total. The SMILES string of the molecule is CN=C(NCCc1cc(F)cc2c1OCOC2)NCC1CCCCC1.I. The summed E-state index contributed by atoms with van der Waals surface area (Å²) in [6.45, 7) is 2.27.